The molecule has 0 N–H and O–H groups in total. The standard InChI is InChI=1S/C8H5F3N2O/c9-8(10,11)6-2-1-3-13-7(6)4-12-5-14/h1-3H,4H2. The van der Waals surface area contributed by atoms with Crippen LogP contribution in [0.2, 0.25) is 0 Å². The largest absolute Gasteiger partial charge is 0.418 e. The third-order valence-electron chi connectivity index (χ3n) is 1.49. The molecule has 0 bridgehead atoms. The summed E-state index contributed by atoms with van der Waals surface area (Å²) in [5.41, 5.74) is -1.15. The fourth-order valence-electron chi connectivity index (χ4n) is 0.929. The highest BCUT2D eigenvalue weighted by molar-refractivity contribution is 5.34. The minimum absolute atomic E-state index is 0.275. The van der Waals surface area contributed by atoms with Crippen LogP contribution in [0.5, 0.6) is 0 Å². The molecule has 0 amide bonds. The maximum atomic E-state index is 12.3. The van der Waals surface area contributed by atoms with Crippen molar-refractivity contribution < 1.29 is 18.0 Å². The zero-order valence-electron chi connectivity index (χ0n) is 6.88. The number of halogens is 3. The summed E-state index contributed by atoms with van der Waals surface area (Å²) in [4.78, 5) is 16.3. The highest BCUT2D eigenvalue weighted by Gasteiger charge is 2.33. The molecule has 3 nitrogen and oxygen atoms in total. The summed E-state index contributed by atoms with van der Waals surface area (Å²) in [5.74, 6) is 0. The number of isocyanates is 1. The number of alkyl halides is 3. The van der Waals surface area contributed by atoms with Crippen LogP contribution in [0, 0.1) is 0 Å². The van der Waals surface area contributed by atoms with Gasteiger partial charge in [-0.25, -0.2) is 4.79 Å². The Morgan fingerprint density at radius 3 is 2.79 bits per heavy atom. The Balaban J connectivity index is 3.09. The van der Waals surface area contributed by atoms with Gasteiger partial charge in [0.05, 0.1) is 17.8 Å². The lowest BCUT2D eigenvalue weighted by atomic mass is 10.2. The third kappa shape index (κ3) is 2.40. The highest BCUT2D eigenvalue weighted by Crippen LogP contribution is 2.31. The van der Waals surface area contributed by atoms with Gasteiger partial charge in [0.1, 0.15) is 0 Å². The molecule has 1 aromatic rings. The molecule has 0 fully saturated rings. The second-order valence-electron chi connectivity index (χ2n) is 2.40. The Morgan fingerprint density at radius 1 is 1.50 bits per heavy atom. The highest BCUT2D eigenvalue weighted by atomic mass is 19.4. The lowest BCUT2D eigenvalue weighted by molar-refractivity contribution is -0.138. The Morgan fingerprint density at radius 2 is 2.21 bits per heavy atom. The molecule has 14 heavy (non-hydrogen) atoms. The van der Waals surface area contributed by atoms with Crippen molar-refractivity contribution in [1.29, 1.82) is 0 Å². The average molecular weight is 202 g/mol. The van der Waals surface area contributed by atoms with E-state index in [-0.39, 0.29) is 5.69 Å². The van der Waals surface area contributed by atoms with Crippen LogP contribution in [0.25, 0.3) is 0 Å². The van der Waals surface area contributed by atoms with Crippen LogP contribution in [0.1, 0.15) is 11.3 Å². The molecule has 0 saturated carbocycles. The SMILES string of the molecule is O=C=NCc1ncccc1C(F)(F)F. The van der Waals surface area contributed by atoms with Crippen LogP contribution in [0.3, 0.4) is 0 Å². The molecule has 0 aliphatic carbocycles. The van der Waals surface area contributed by atoms with Crippen LogP contribution in [0.4, 0.5) is 13.2 Å². The van der Waals surface area contributed by atoms with Gasteiger partial charge in [0, 0.05) is 6.20 Å². The van der Waals surface area contributed by atoms with Gasteiger partial charge in [-0.1, -0.05) is 0 Å². The molecule has 1 heterocycles. The lowest BCUT2D eigenvalue weighted by Crippen LogP contribution is -2.09. The number of rotatable bonds is 2. The van der Waals surface area contributed by atoms with Gasteiger partial charge in [-0.15, -0.1) is 0 Å². The number of carbonyl (C=O) groups excluding carboxylic acids is 1. The minimum atomic E-state index is -4.47. The van der Waals surface area contributed by atoms with E-state index in [1.54, 1.807) is 0 Å². The predicted octanol–water partition coefficient (Wildman–Crippen LogP) is 1.94. The van der Waals surface area contributed by atoms with E-state index in [9.17, 15) is 18.0 Å². The number of aliphatic imine (C=N–C) groups is 1. The normalized spacial score (nSPS) is 10.8. The van der Waals surface area contributed by atoms with Crippen molar-refractivity contribution in [1.82, 2.24) is 4.98 Å². The number of nitrogens with zero attached hydrogens (tertiary/aromatic N) is 2. The van der Waals surface area contributed by atoms with E-state index in [1.807, 2.05) is 0 Å². The molecule has 74 valence electrons. The summed E-state index contributed by atoms with van der Waals surface area (Å²) in [6.45, 7) is -0.404. The predicted molar refractivity (Wildman–Crippen MR) is 41.1 cm³/mol. The monoisotopic (exact) mass is 202 g/mol. The molecular formula is C8H5F3N2O. The molecule has 1 rings (SSSR count). The first kappa shape index (κ1) is 10.4. The van der Waals surface area contributed by atoms with Crippen LogP contribution >= 0.6 is 0 Å². The van der Waals surface area contributed by atoms with Gasteiger partial charge in [0.25, 0.3) is 0 Å². The fourth-order valence-corrected chi connectivity index (χ4v) is 0.929. The van der Waals surface area contributed by atoms with Crippen molar-refractivity contribution in [3.8, 4) is 0 Å². The van der Waals surface area contributed by atoms with Crippen LogP contribution in [0.15, 0.2) is 23.3 Å². The summed E-state index contributed by atoms with van der Waals surface area (Å²) >= 11 is 0. The molecule has 0 aliphatic heterocycles. The third-order valence-corrected chi connectivity index (χ3v) is 1.49. The van der Waals surface area contributed by atoms with Crippen LogP contribution in [-0.2, 0) is 17.5 Å². The number of hydrogen-bond acceptors (Lipinski definition) is 3. The number of aromatic nitrogens is 1. The fraction of sp³-hybridized carbons (Fsp3) is 0.250. The molecule has 0 saturated heterocycles. The molecule has 0 spiro atoms. The van der Waals surface area contributed by atoms with Crippen molar-refractivity contribution in [2.24, 2.45) is 4.99 Å². The second kappa shape index (κ2) is 4.02. The molecule has 0 aromatic carbocycles. The van der Waals surface area contributed by atoms with Gasteiger partial charge in [0.15, 0.2) is 0 Å². The van der Waals surface area contributed by atoms with Crippen molar-refractivity contribution in [3.05, 3.63) is 29.6 Å². The van der Waals surface area contributed by atoms with Gasteiger partial charge in [-0.3, -0.25) is 4.98 Å². The Labute approximate surface area is 77.3 Å². The van der Waals surface area contributed by atoms with Crippen molar-refractivity contribution in [2.45, 2.75) is 12.7 Å². The quantitative estimate of drug-likeness (QED) is 0.543. The van der Waals surface area contributed by atoms with Crippen LogP contribution in [-0.4, -0.2) is 11.1 Å². The Kier molecular flexibility index (Phi) is 2.99. The summed E-state index contributed by atoms with van der Waals surface area (Å²) in [7, 11) is 0. The van der Waals surface area contributed by atoms with E-state index in [1.165, 1.54) is 12.3 Å². The van der Waals surface area contributed by atoms with Gasteiger partial charge < -0.3 is 0 Å². The van der Waals surface area contributed by atoms with E-state index in [0.29, 0.717) is 0 Å². The smallest absolute Gasteiger partial charge is 0.259 e. The Bertz CT molecular complexity index is 369. The average Bonchev–Trinajstić information content (AvgIpc) is 2.14. The van der Waals surface area contributed by atoms with Crippen molar-refractivity contribution in [3.63, 3.8) is 0 Å². The summed E-state index contributed by atoms with van der Waals surface area (Å²) in [6.07, 6.45) is -2.09. The minimum Gasteiger partial charge on any atom is -0.259 e. The molecule has 0 aliphatic rings. The van der Waals surface area contributed by atoms with E-state index < -0.39 is 18.3 Å². The van der Waals surface area contributed by atoms with Gasteiger partial charge in [0.2, 0.25) is 6.08 Å². The molecular weight excluding hydrogens is 197 g/mol. The summed E-state index contributed by atoms with van der Waals surface area (Å²) in [6, 6.07) is 2.07. The van der Waals surface area contributed by atoms with Gasteiger partial charge >= 0.3 is 6.18 Å². The first-order valence-electron chi connectivity index (χ1n) is 3.60. The molecule has 1 aromatic heterocycles. The lowest BCUT2D eigenvalue weighted by Gasteiger charge is -2.08. The first-order valence-corrected chi connectivity index (χ1v) is 3.60. The molecule has 0 atom stereocenters. The van der Waals surface area contributed by atoms with Gasteiger partial charge in [-0.05, 0) is 12.1 Å². The molecule has 0 unspecified atom stereocenters. The topological polar surface area (TPSA) is 42.3 Å². The van der Waals surface area contributed by atoms with E-state index in [2.05, 4.69) is 9.98 Å². The zero-order chi connectivity index (χ0) is 10.6. The van der Waals surface area contributed by atoms with E-state index >= 15 is 0 Å². The number of pyridine rings is 1. The van der Waals surface area contributed by atoms with Crippen molar-refractivity contribution in [2.75, 3.05) is 0 Å². The zero-order valence-corrected chi connectivity index (χ0v) is 6.88. The van der Waals surface area contributed by atoms with Crippen LogP contribution < -0.4 is 0 Å². The maximum absolute atomic E-state index is 12.3. The van der Waals surface area contributed by atoms with E-state index in [0.717, 1.165) is 12.1 Å². The summed E-state index contributed by atoms with van der Waals surface area (Å²) < 4.78 is 36.9. The van der Waals surface area contributed by atoms with E-state index in [4.69, 9.17) is 0 Å². The molecule has 6 heteroatoms. The first-order chi connectivity index (χ1) is 6.55. The Hall–Kier alpha value is -1.68. The van der Waals surface area contributed by atoms with Gasteiger partial charge in [-0.2, -0.15) is 18.2 Å². The maximum Gasteiger partial charge on any atom is 0.418 e. The second-order valence-corrected chi connectivity index (χ2v) is 2.40. The van der Waals surface area contributed by atoms with Crippen molar-refractivity contribution >= 4 is 6.08 Å². The number of hydrogen-bond donors (Lipinski definition) is 0. The summed E-state index contributed by atoms with van der Waals surface area (Å²) in [5, 5.41) is 0. The molecule has 0 radical (unpaired) electrons.